The van der Waals surface area contributed by atoms with Gasteiger partial charge in [-0.1, -0.05) is 18.2 Å². The van der Waals surface area contributed by atoms with Crippen molar-refractivity contribution in [1.29, 1.82) is 0 Å². The normalized spacial score (nSPS) is 10.5. The highest BCUT2D eigenvalue weighted by atomic mass is 16.5. The number of nitrogens with one attached hydrogen (secondary N) is 2. The van der Waals surface area contributed by atoms with Crippen molar-refractivity contribution in [2.24, 2.45) is 0 Å². The van der Waals surface area contributed by atoms with Crippen molar-refractivity contribution in [2.45, 2.75) is 6.54 Å². The van der Waals surface area contributed by atoms with Crippen LogP contribution < -0.4 is 24.8 Å². The van der Waals surface area contributed by atoms with Crippen LogP contribution in [0.5, 0.6) is 17.2 Å². The number of pyridine rings is 1. The van der Waals surface area contributed by atoms with Crippen LogP contribution in [0.25, 0.3) is 10.9 Å². The lowest BCUT2D eigenvalue weighted by molar-refractivity contribution is 0.355. The number of para-hydroxylation sites is 1. The summed E-state index contributed by atoms with van der Waals surface area (Å²) in [4.78, 5) is 13.5. The average molecular weight is 417 g/mol. The Kier molecular flexibility index (Phi) is 5.98. The number of fused-ring (bicyclic) bond motifs is 1. The van der Waals surface area contributed by atoms with Gasteiger partial charge >= 0.3 is 0 Å². The number of rotatable bonds is 8. The quantitative estimate of drug-likeness (QED) is 0.436. The van der Waals surface area contributed by atoms with E-state index in [0.717, 1.165) is 27.9 Å². The van der Waals surface area contributed by atoms with Gasteiger partial charge in [0, 0.05) is 36.3 Å². The molecule has 0 unspecified atom stereocenters. The molecule has 2 aromatic heterocycles. The van der Waals surface area contributed by atoms with E-state index in [1.807, 2.05) is 48.5 Å². The minimum Gasteiger partial charge on any atom is -0.496 e. The first-order valence-electron chi connectivity index (χ1n) is 9.68. The fourth-order valence-electron chi connectivity index (χ4n) is 3.22. The Morgan fingerprint density at radius 1 is 0.839 bits per heavy atom. The van der Waals surface area contributed by atoms with Gasteiger partial charge in [-0.15, -0.1) is 0 Å². The van der Waals surface area contributed by atoms with E-state index in [1.54, 1.807) is 33.7 Å². The summed E-state index contributed by atoms with van der Waals surface area (Å²) in [5.74, 6) is 3.30. The van der Waals surface area contributed by atoms with Crippen LogP contribution in [-0.4, -0.2) is 36.3 Å². The van der Waals surface area contributed by atoms with Crippen LogP contribution in [0.4, 0.5) is 17.5 Å². The van der Waals surface area contributed by atoms with E-state index in [1.165, 1.54) is 0 Å². The zero-order valence-electron chi connectivity index (χ0n) is 17.5. The number of ether oxygens (including phenoxy) is 3. The van der Waals surface area contributed by atoms with E-state index in [9.17, 15) is 0 Å². The highest BCUT2D eigenvalue weighted by molar-refractivity contribution is 5.90. The second-order valence-corrected chi connectivity index (χ2v) is 6.65. The Balaban J connectivity index is 1.56. The molecule has 158 valence electrons. The van der Waals surface area contributed by atoms with Gasteiger partial charge in [-0.3, -0.25) is 0 Å². The third-order valence-corrected chi connectivity index (χ3v) is 4.79. The van der Waals surface area contributed by atoms with Crippen molar-refractivity contribution in [3.63, 3.8) is 0 Å². The van der Waals surface area contributed by atoms with Gasteiger partial charge in [-0.2, -0.15) is 0 Å². The Hall–Kier alpha value is -4.07. The molecule has 0 bridgehead atoms. The monoisotopic (exact) mass is 417 g/mol. The Morgan fingerprint density at radius 2 is 1.65 bits per heavy atom. The van der Waals surface area contributed by atoms with Crippen LogP contribution >= 0.6 is 0 Å². The molecule has 0 aliphatic rings. The van der Waals surface area contributed by atoms with Crippen LogP contribution in [0.1, 0.15) is 5.56 Å². The summed E-state index contributed by atoms with van der Waals surface area (Å²) in [7, 11) is 4.87. The predicted octanol–water partition coefficient (Wildman–Crippen LogP) is 4.41. The van der Waals surface area contributed by atoms with E-state index >= 15 is 0 Å². The zero-order chi connectivity index (χ0) is 21.6. The van der Waals surface area contributed by atoms with Gasteiger partial charge in [-0.25, -0.2) is 15.0 Å². The maximum atomic E-state index is 5.39. The van der Waals surface area contributed by atoms with Crippen molar-refractivity contribution in [3.8, 4) is 17.2 Å². The number of aromatic nitrogens is 3. The SMILES string of the molecule is COc1ccccc1CNc1ncc2c(Nc3ccc(OC)c(OC)c3)nccc2n1. The molecule has 0 aliphatic carbocycles. The molecule has 4 rings (SSSR count). The van der Waals surface area contributed by atoms with Gasteiger partial charge in [0.15, 0.2) is 11.5 Å². The fourth-order valence-corrected chi connectivity index (χ4v) is 3.22. The molecule has 0 atom stereocenters. The minimum absolute atomic E-state index is 0.529. The first-order chi connectivity index (χ1) is 15.2. The summed E-state index contributed by atoms with van der Waals surface area (Å²) in [6, 6.07) is 15.3. The molecule has 0 radical (unpaired) electrons. The number of anilines is 3. The summed E-state index contributed by atoms with van der Waals surface area (Å²) >= 11 is 0. The Morgan fingerprint density at radius 3 is 2.45 bits per heavy atom. The van der Waals surface area contributed by atoms with E-state index < -0.39 is 0 Å². The smallest absolute Gasteiger partial charge is 0.223 e. The van der Waals surface area contributed by atoms with Gasteiger partial charge in [0.25, 0.3) is 0 Å². The maximum absolute atomic E-state index is 5.39. The third kappa shape index (κ3) is 4.42. The number of nitrogens with zero attached hydrogens (tertiary/aromatic N) is 3. The molecule has 8 nitrogen and oxygen atoms in total. The topological polar surface area (TPSA) is 90.4 Å². The summed E-state index contributed by atoms with van der Waals surface area (Å²) in [6.07, 6.45) is 3.46. The lowest BCUT2D eigenvalue weighted by Crippen LogP contribution is -2.05. The van der Waals surface area contributed by atoms with Gasteiger partial charge < -0.3 is 24.8 Å². The molecule has 2 aromatic carbocycles. The lowest BCUT2D eigenvalue weighted by Gasteiger charge is -2.13. The molecule has 0 fully saturated rings. The standard InChI is InChI=1S/C23H23N5O3/c1-29-19-7-5-4-6-15(19)13-25-23-26-14-17-18(28-23)10-11-24-22(17)27-16-8-9-20(30-2)21(12-16)31-3/h4-12,14H,13H2,1-3H3,(H,24,27)(H,25,26,28). The van der Waals surface area contributed by atoms with Crippen molar-refractivity contribution in [1.82, 2.24) is 15.0 Å². The molecule has 2 heterocycles. The number of hydrogen-bond donors (Lipinski definition) is 2. The fraction of sp³-hybridized carbons (Fsp3) is 0.174. The third-order valence-electron chi connectivity index (χ3n) is 4.79. The van der Waals surface area contributed by atoms with Crippen molar-refractivity contribution in [2.75, 3.05) is 32.0 Å². The predicted molar refractivity (Wildman–Crippen MR) is 120 cm³/mol. The highest BCUT2D eigenvalue weighted by Crippen LogP contribution is 2.32. The highest BCUT2D eigenvalue weighted by Gasteiger charge is 2.10. The minimum atomic E-state index is 0.529. The van der Waals surface area contributed by atoms with Gasteiger partial charge in [0.2, 0.25) is 5.95 Å². The van der Waals surface area contributed by atoms with Gasteiger partial charge in [0.05, 0.1) is 32.2 Å². The van der Waals surface area contributed by atoms with Crippen LogP contribution in [-0.2, 0) is 6.54 Å². The molecule has 4 aromatic rings. The zero-order valence-corrected chi connectivity index (χ0v) is 17.5. The molecule has 31 heavy (non-hydrogen) atoms. The largest absolute Gasteiger partial charge is 0.496 e. The van der Waals surface area contributed by atoms with Crippen LogP contribution in [0, 0.1) is 0 Å². The second kappa shape index (κ2) is 9.17. The van der Waals surface area contributed by atoms with Crippen LogP contribution in [0.15, 0.2) is 60.9 Å². The van der Waals surface area contributed by atoms with E-state index in [-0.39, 0.29) is 0 Å². The lowest BCUT2D eigenvalue weighted by atomic mass is 10.2. The van der Waals surface area contributed by atoms with Crippen LogP contribution in [0.3, 0.4) is 0 Å². The van der Waals surface area contributed by atoms with Crippen molar-refractivity contribution < 1.29 is 14.2 Å². The average Bonchev–Trinajstić information content (AvgIpc) is 2.82. The molecule has 8 heteroatoms. The second-order valence-electron chi connectivity index (χ2n) is 6.65. The number of benzene rings is 2. The molecule has 0 amide bonds. The van der Waals surface area contributed by atoms with Crippen molar-refractivity contribution >= 4 is 28.4 Å². The summed E-state index contributed by atoms with van der Waals surface area (Å²) in [5, 5.41) is 7.36. The Bertz CT molecular complexity index is 1200. The van der Waals surface area contributed by atoms with Crippen molar-refractivity contribution in [3.05, 3.63) is 66.5 Å². The van der Waals surface area contributed by atoms with E-state index in [2.05, 4.69) is 25.6 Å². The number of methoxy groups -OCH3 is 3. The van der Waals surface area contributed by atoms with Gasteiger partial charge in [0.1, 0.15) is 11.6 Å². The summed E-state index contributed by atoms with van der Waals surface area (Å²) < 4.78 is 16.1. The maximum Gasteiger partial charge on any atom is 0.223 e. The molecule has 0 saturated carbocycles. The molecular formula is C23H23N5O3. The molecule has 0 spiro atoms. The molecule has 0 saturated heterocycles. The van der Waals surface area contributed by atoms with Crippen LogP contribution in [0.2, 0.25) is 0 Å². The number of hydrogen-bond acceptors (Lipinski definition) is 8. The molecular weight excluding hydrogens is 394 g/mol. The first-order valence-corrected chi connectivity index (χ1v) is 9.68. The van der Waals surface area contributed by atoms with E-state index in [4.69, 9.17) is 14.2 Å². The van der Waals surface area contributed by atoms with E-state index in [0.29, 0.717) is 29.8 Å². The molecule has 2 N–H and O–H groups in total. The Labute approximate surface area is 180 Å². The summed E-state index contributed by atoms with van der Waals surface area (Å²) in [5.41, 5.74) is 2.62. The first kappa shape index (κ1) is 20.2. The summed E-state index contributed by atoms with van der Waals surface area (Å²) in [6.45, 7) is 0.553. The molecule has 0 aliphatic heterocycles. The van der Waals surface area contributed by atoms with Gasteiger partial charge in [-0.05, 0) is 24.3 Å².